The molecule has 0 spiro atoms. The molecule has 0 amide bonds. The van der Waals surface area contributed by atoms with Gasteiger partial charge < -0.3 is 10.5 Å². The maximum atomic E-state index is 11.7. The van der Waals surface area contributed by atoms with E-state index in [1.807, 2.05) is 13.8 Å². The average molecular weight is 221 g/mol. The number of nitrogen functional groups attached to an aromatic ring is 1. The Bertz CT molecular complexity index is 374. The lowest BCUT2D eigenvalue weighted by atomic mass is 10.1. The number of esters is 1. The molecule has 2 N–H and O–H groups in total. The van der Waals surface area contributed by atoms with Gasteiger partial charge >= 0.3 is 5.97 Å². The van der Waals surface area contributed by atoms with Crippen LogP contribution in [-0.4, -0.2) is 12.1 Å². The van der Waals surface area contributed by atoms with E-state index in [2.05, 4.69) is 6.92 Å². The van der Waals surface area contributed by atoms with Gasteiger partial charge in [0.1, 0.15) is 0 Å². The molecule has 0 aromatic heterocycles. The van der Waals surface area contributed by atoms with Crippen molar-refractivity contribution in [3.8, 4) is 0 Å². The molecule has 0 aliphatic carbocycles. The van der Waals surface area contributed by atoms with E-state index in [4.69, 9.17) is 10.5 Å². The SMILES string of the molecule is CCCC(C)OC(=O)c1ccc(N)c(C)c1. The number of hydrogen-bond acceptors (Lipinski definition) is 3. The molecular formula is C13H19NO2. The van der Waals surface area contributed by atoms with Crippen LogP contribution in [0.1, 0.15) is 42.6 Å². The number of ether oxygens (including phenoxy) is 1. The first-order valence-corrected chi connectivity index (χ1v) is 5.61. The predicted molar refractivity (Wildman–Crippen MR) is 65.4 cm³/mol. The number of hydrogen-bond donors (Lipinski definition) is 1. The Hall–Kier alpha value is -1.51. The van der Waals surface area contributed by atoms with Crippen molar-refractivity contribution in [1.29, 1.82) is 0 Å². The van der Waals surface area contributed by atoms with Crippen molar-refractivity contribution in [2.45, 2.75) is 39.7 Å². The van der Waals surface area contributed by atoms with Crippen molar-refractivity contribution in [1.82, 2.24) is 0 Å². The van der Waals surface area contributed by atoms with Crippen molar-refractivity contribution in [3.63, 3.8) is 0 Å². The highest BCUT2D eigenvalue weighted by molar-refractivity contribution is 5.90. The number of carbonyl (C=O) groups excluding carboxylic acids is 1. The minimum absolute atomic E-state index is 0.0321. The Morgan fingerprint density at radius 2 is 2.19 bits per heavy atom. The van der Waals surface area contributed by atoms with Gasteiger partial charge in [-0.1, -0.05) is 13.3 Å². The molecule has 0 aliphatic rings. The molecule has 16 heavy (non-hydrogen) atoms. The Morgan fingerprint density at radius 1 is 1.50 bits per heavy atom. The van der Waals surface area contributed by atoms with Crippen molar-refractivity contribution in [3.05, 3.63) is 29.3 Å². The van der Waals surface area contributed by atoms with Crippen LogP contribution in [0.5, 0.6) is 0 Å². The molecule has 1 aromatic rings. The summed E-state index contributed by atoms with van der Waals surface area (Å²) in [7, 11) is 0. The van der Waals surface area contributed by atoms with Crippen LogP contribution in [0.25, 0.3) is 0 Å². The summed E-state index contributed by atoms with van der Waals surface area (Å²) < 4.78 is 5.29. The van der Waals surface area contributed by atoms with Gasteiger partial charge in [0.2, 0.25) is 0 Å². The van der Waals surface area contributed by atoms with E-state index in [0.29, 0.717) is 11.3 Å². The fourth-order valence-corrected chi connectivity index (χ4v) is 1.52. The van der Waals surface area contributed by atoms with Crippen LogP contribution < -0.4 is 5.73 Å². The Kier molecular flexibility index (Phi) is 4.35. The van der Waals surface area contributed by atoms with E-state index in [0.717, 1.165) is 18.4 Å². The number of carbonyl (C=O) groups is 1. The molecule has 1 unspecified atom stereocenters. The van der Waals surface area contributed by atoms with E-state index >= 15 is 0 Å². The highest BCUT2D eigenvalue weighted by Crippen LogP contribution is 2.14. The summed E-state index contributed by atoms with van der Waals surface area (Å²) in [6.07, 6.45) is 1.87. The summed E-state index contributed by atoms with van der Waals surface area (Å²) in [5, 5.41) is 0. The summed E-state index contributed by atoms with van der Waals surface area (Å²) in [5.41, 5.74) is 7.84. The lowest BCUT2D eigenvalue weighted by Crippen LogP contribution is -2.15. The molecule has 0 heterocycles. The molecule has 1 atom stereocenters. The first-order valence-electron chi connectivity index (χ1n) is 5.61. The fourth-order valence-electron chi connectivity index (χ4n) is 1.52. The van der Waals surface area contributed by atoms with Gasteiger partial charge in [-0.15, -0.1) is 0 Å². The zero-order chi connectivity index (χ0) is 12.1. The molecule has 1 aromatic carbocycles. The van der Waals surface area contributed by atoms with Crippen LogP contribution in [0, 0.1) is 6.92 Å². The Balaban J connectivity index is 2.69. The second kappa shape index (κ2) is 5.54. The van der Waals surface area contributed by atoms with Gasteiger partial charge in [0, 0.05) is 5.69 Å². The maximum Gasteiger partial charge on any atom is 0.338 e. The van der Waals surface area contributed by atoms with E-state index in [1.54, 1.807) is 18.2 Å². The number of benzene rings is 1. The van der Waals surface area contributed by atoms with Crippen molar-refractivity contribution >= 4 is 11.7 Å². The number of nitrogens with two attached hydrogens (primary N) is 1. The molecule has 0 saturated carbocycles. The molecule has 0 aliphatic heterocycles. The average Bonchev–Trinajstić information content (AvgIpc) is 2.22. The van der Waals surface area contributed by atoms with E-state index in [9.17, 15) is 4.79 Å². The van der Waals surface area contributed by atoms with Gasteiger partial charge in [0.15, 0.2) is 0 Å². The second-order valence-corrected chi connectivity index (χ2v) is 4.08. The van der Waals surface area contributed by atoms with Gasteiger partial charge in [0.25, 0.3) is 0 Å². The van der Waals surface area contributed by atoms with Gasteiger partial charge in [-0.3, -0.25) is 0 Å². The number of rotatable bonds is 4. The Morgan fingerprint density at radius 3 is 2.75 bits per heavy atom. The lowest BCUT2D eigenvalue weighted by Gasteiger charge is -2.12. The normalized spacial score (nSPS) is 12.2. The minimum Gasteiger partial charge on any atom is -0.459 e. The molecule has 0 saturated heterocycles. The topological polar surface area (TPSA) is 52.3 Å². The van der Waals surface area contributed by atoms with Gasteiger partial charge in [-0.2, -0.15) is 0 Å². The third kappa shape index (κ3) is 3.26. The van der Waals surface area contributed by atoms with Crippen LogP contribution in [-0.2, 0) is 4.74 Å². The summed E-state index contributed by atoms with van der Waals surface area (Å²) in [5.74, 6) is -0.274. The minimum atomic E-state index is -0.274. The summed E-state index contributed by atoms with van der Waals surface area (Å²) in [6, 6.07) is 5.19. The van der Waals surface area contributed by atoms with Crippen LogP contribution >= 0.6 is 0 Å². The van der Waals surface area contributed by atoms with Crippen LogP contribution in [0.3, 0.4) is 0 Å². The zero-order valence-corrected chi connectivity index (χ0v) is 10.1. The lowest BCUT2D eigenvalue weighted by molar-refractivity contribution is 0.0323. The quantitative estimate of drug-likeness (QED) is 0.628. The van der Waals surface area contributed by atoms with Gasteiger partial charge in [0.05, 0.1) is 11.7 Å². The standard InChI is InChI=1S/C13H19NO2/c1-4-5-10(3)16-13(15)11-6-7-12(14)9(2)8-11/h6-8,10H,4-5,14H2,1-3H3. The molecular weight excluding hydrogens is 202 g/mol. The van der Waals surface area contributed by atoms with Crippen LogP contribution in [0.4, 0.5) is 5.69 Å². The van der Waals surface area contributed by atoms with Crippen LogP contribution in [0.2, 0.25) is 0 Å². The zero-order valence-electron chi connectivity index (χ0n) is 10.1. The van der Waals surface area contributed by atoms with E-state index in [-0.39, 0.29) is 12.1 Å². The first kappa shape index (κ1) is 12.6. The summed E-state index contributed by atoms with van der Waals surface area (Å²) in [6.45, 7) is 5.85. The molecule has 0 bridgehead atoms. The van der Waals surface area contributed by atoms with Crippen molar-refractivity contribution in [2.24, 2.45) is 0 Å². The van der Waals surface area contributed by atoms with Crippen LogP contribution in [0.15, 0.2) is 18.2 Å². The molecule has 3 nitrogen and oxygen atoms in total. The molecule has 1 rings (SSSR count). The smallest absolute Gasteiger partial charge is 0.338 e. The molecule has 88 valence electrons. The number of anilines is 1. The maximum absolute atomic E-state index is 11.7. The number of aryl methyl sites for hydroxylation is 1. The van der Waals surface area contributed by atoms with Crippen molar-refractivity contribution in [2.75, 3.05) is 5.73 Å². The molecule has 0 fully saturated rings. The summed E-state index contributed by atoms with van der Waals surface area (Å²) >= 11 is 0. The third-order valence-corrected chi connectivity index (χ3v) is 2.51. The van der Waals surface area contributed by atoms with Crippen molar-refractivity contribution < 1.29 is 9.53 Å². The Labute approximate surface area is 96.6 Å². The first-order chi connectivity index (χ1) is 7.54. The van der Waals surface area contributed by atoms with Gasteiger partial charge in [-0.05, 0) is 44.0 Å². The third-order valence-electron chi connectivity index (χ3n) is 2.51. The van der Waals surface area contributed by atoms with Gasteiger partial charge in [-0.25, -0.2) is 4.79 Å². The largest absolute Gasteiger partial charge is 0.459 e. The fraction of sp³-hybridized carbons (Fsp3) is 0.462. The highest BCUT2D eigenvalue weighted by atomic mass is 16.5. The molecule has 0 radical (unpaired) electrons. The monoisotopic (exact) mass is 221 g/mol. The second-order valence-electron chi connectivity index (χ2n) is 4.08. The summed E-state index contributed by atoms with van der Waals surface area (Å²) in [4.78, 5) is 11.7. The van der Waals surface area contributed by atoms with E-state index < -0.39 is 0 Å². The van der Waals surface area contributed by atoms with E-state index in [1.165, 1.54) is 0 Å². The molecule has 3 heteroatoms. The highest BCUT2D eigenvalue weighted by Gasteiger charge is 2.11. The predicted octanol–water partition coefficient (Wildman–Crippen LogP) is 2.92.